The van der Waals surface area contributed by atoms with Crippen LogP contribution in [0.25, 0.3) is 0 Å². The van der Waals surface area contributed by atoms with Crippen molar-refractivity contribution in [3.8, 4) is 0 Å². The molecule has 0 aromatic heterocycles. The van der Waals surface area contributed by atoms with Crippen LogP contribution >= 0.6 is 35.0 Å². The third kappa shape index (κ3) is 10.9. The van der Waals surface area contributed by atoms with Crippen molar-refractivity contribution >= 4 is 35.0 Å². The van der Waals surface area contributed by atoms with E-state index in [4.69, 9.17) is 23.2 Å². The molecule has 0 unspecified atom stereocenters. The smallest absolute Gasteiger partial charge is 0.0348 e. The zero-order valence-electron chi connectivity index (χ0n) is 6.61. The molecule has 0 fully saturated rings. The minimum absolute atomic E-state index is 0.703. The molecule has 1 nitrogen and oxygen atoms in total. The van der Waals surface area contributed by atoms with E-state index in [-0.39, 0.29) is 0 Å². The first-order chi connectivity index (χ1) is 5.41. The van der Waals surface area contributed by atoms with Crippen molar-refractivity contribution in [3.63, 3.8) is 0 Å². The molecule has 11 heavy (non-hydrogen) atoms. The summed E-state index contributed by atoms with van der Waals surface area (Å²) in [7, 11) is 0. The van der Waals surface area contributed by atoms with Gasteiger partial charge in [0.1, 0.15) is 0 Å². The average Bonchev–Trinajstić information content (AvgIpc) is 2.03. The molecule has 0 aromatic carbocycles. The van der Waals surface area contributed by atoms with E-state index in [0.29, 0.717) is 5.88 Å². The molecule has 0 bridgehead atoms. The van der Waals surface area contributed by atoms with Gasteiger partial charge in [0.2, 0.25) is 0 Å². The van der Waals surface area contributed by atoms with Gasteiger partial charge >= 0.3 is 0 Å². The molecule has 0 rings (SSSR count). The maximum absolute atomic E-state index is 5.51. The number of hydrogen-bond acceptors (Lipinski definition) is 2. The summed E-state index contributed by atoms with van der Waals surface area (Å²) in [6.07, 6.45) is 1.21. The maximum atomic E-state index is 5.51. The molecule has 4 heteroatoms. The van der Waals surface area contributed by atoms with E-state index in [2.05, 4.69) is 5.32 Å². The molecule has 0 atom stereocenters. The van der Waals surface area contributed by atoms with E-state index in [9.17, 15) is 0 Å². The highest BCUT2D eigenvalue weighted by Gasteiger charge is 1.88. The van der Waals surface area contributed by atoms with Gasteiger partial charge < -0.3 is 5.32 Å². The second kappa shape index (κ2) is 10.9. The van der Waals surface area contributed by atoms with Crippen molar-refractivity contribution in [3.05, 3.63) is 0 Å². The monoisotopic (exact) mass is 215 g/mol. The van der Waals surface area contributed by atoms with Crippen molar-refractivity contribution in [1.82, 2.24) is 5.32 Å². The largest absolute Gasteiger partial charge is 0.316 e. The highest BCUT2D eigenvalue weighted by molar-refractivity contribution is 7.99. The van der Waals surface area contributed by atoms with Gasteiger partial charge in [-0.1, -0.05) is 0 Å². The standard InChI is InChI=1S/C7H15Cl2NS/c8-2-5-10-4-1-6-11-7-3-9/h10H,1-7H2. The number of hydrogen-bond donors (Lipinski definition) is 1. The van der Waals surface area contributed by atoms with Gasteiger partial charge in [-0.3, -0.25) is 0 Å². The number of halogens is 2. The lowest BCUT2D eigenvalue weighted by atomic mass is 10.5. The SMILES string of the molecule is ClCCNCCCSCCCl. The third-order valence-corrected chi connectivity index (χ3v) is 2.81. The second-order valence-electron chi connectivity index (χ2n) is 2.09. The van der Waals surface area contributed by atoms with Crippen LogP contribution in [0.4, 0.5) is 0 Å². The van der Waals surface area contributed by atoms with Gasteiger partial charge in [-0.05, 0) is 18.7 Å². The van der Waals surface area contributed by atoms with E-state index < -0.39 is 0 Å². The van der Waals surface area contributed by atoms with E-state index in [1.807, 2.05) is 11.8 Å². The van der Waals surface area contributed by atoms with Crippen molar-refractivity contribution in [2.45, 2.75) is 6.42 Å². The van der Waals surface area contributed by atoms with Gasteiger partial charge in [0.05, 0.1) is 0 Å². The van der Waals surface area contributed by atoms with E-state index >= 15 is 0 Å². The number of rotatable bonds is 8. The van der Waals surface area contributed by atoms with Crippen molar-refractivity contribution in [1.29, 1.82) is 0 Å². The Morgan fingerprint density at radius 1 is 1.00 bits per heavy atom. The molecule has 0 heterocycles. The molecule has 1 N–H and O–H groups in total. The summed E-state index contributed by atoms with van der Waals surface area (Å²) in [6, 6.07) is 0. The third-order valence-electron chi connectivity index (χ3n) is 1.13. The molecule has 0 saturated carbocycles. The summed E-state index contributed by atoms with van der Waals surface area (Å²) < 4.78 is 0. The van der Waals surface area contributed by atoms with Crippen molar-refractivity contribution < 1.29 is 0 Å². The Balaban J connectivity index is 2.69. The van der Waals surface area contributed by atoms with E-state index in [1.54, 1.807) is 0 Å². The first kappa shape index (κ1) is 11.9. The van der Waals surface area contributed by atoms with E-state index in [0.717, 1.165) is 24.7 Å². The minimum Gasteiger partial charge on any atom is -0.316 e. The lowest BCUT2D eigenvalue weighted by Crippen LogP contribution is -2.18. The summed E-state index contributed by atoms with van der Waals surface area (Å²) in [4.78, 5) is 0. The highest BCUT2D eigenvalue weighted by atomic mass is 35.5. The van der Waals surface area contributed by atoms with Crippen LogP contribution in [0.1, 0.15) is 6.42 Å². The molecule has 0 aliphatic carbocycles. The molecule has 0 saturated heterocycles. The number of thioether (sulfide) groups is 1. The predicted molar refractivity (Wildman–Crippen MR) is 56.3 cm³/mol. The molecule has 0 aromatic rings. The summed E-state index contributed by atoms with van der Waals surface area (Å²) >= 11 is 12.9. The molecular weight excluding hydrogens is 201 g/mol. The van der Waals surface area contributed by atoms with Gasteiger partial charge in [0, 0.05) is 24.1 Å². The van der Waals surface area contributed by atoms with Gasteiger partial charge in [-0.15, -0.1) is 23.2 Å². The number of nitrogens with one attached hydrogen (secondary N) is 1. The van der Waals surface area contributed by atoms with Crippen LogP contribution in [0.3, 0.4) is 0 Å². The molecular formula is C7H15Cl2NS. The Kier molecular flexibility index (Phi) is 11.8. The van der Waals surface area contributed by atoms with Crippen molar-refractivity contribution in [2.24, 2.45) is 0 Å². The molecule has 0 spiro atoms. The van der Waals surface area contributed by atoms with Gasteiger partial charge in [-0.25, -0.2) is 0 Å². The summed E-state index contributed by atoms with van der Waals surface area (Å²) in [5.41, 5.74) is 0. The van der Waals surface area contributed by atoms with Crippen LogP contribution in [0, 0.1) is 0 Å². The van der Waals surface area contributed by atoms with Gasteiger partial charge in [0.15, 0.2) is 0 Å². The molecule has 68 valence electrons. The summed E-state index contributed by atoms with van der Waals surface area (Å²) in [5, 5.41) is 3.23. The quantitative estimate of drug-likeness (QED) is 0.493. The van der Waals surface area contributed by atoms with Crippen LogP contribution in [-0.2, 0) is 0 Å². The fourth-order valence-corrected chi connectivity index (χ4v) is 1.77. The van der Waals surface area contributed by atoms with Crippen LogP contribution in [-0.4, -0.2) is 36.4 Å². The second-order valence-corrected chi connectivity index (χ2v) is 4.07. The van der Waals surface area contributed by atoms with Gasteiger partial charge in [0.25, 0.3) is 0 Å². The lowest BCUT2D eigenvalue weighted by Gasteiger charge is -2.00. The Morgan fingerprint density at radius 2 is 1.82 bits per heavy atom. The zero-order chi connectivity index (χ0) is 8.36. The Labute approximate surface area is 83.2 Å². The Bertz CT molecular complexity index is 65.5. The normalized spacial score (nSPS) is 10.4. The Hall–Kier alpha value is 0.890. The maximum Gasteiger partial charge on any atom is 0.0348 e. The number of alkyl halides is 2. The molecule has 0 radical (unpaired) electrons. The molecule has 0 aliphatic rings. The fourth-order valence-electron chi connectivity index (χ4n) is 0.648. The first-order valence-corrected chi connectivity index (χ1v) is 6.04. The minimum atomic E-state index is 0.703. The summed E-state index contributed by atoms with van der Waals surface area (Å²) in [6.45, 7) is 1.99. The summed E-state index contributed by atoms with van der Waals surface area (Å²) in [5.74, 6) is 3.73. The molecule has 0 aliphatic heterocycles. The van der Waals surface area contributed by atoms with E-state index in [1.165, 1.54) is 12.2 Å². The van der Waals surface area contributed by atoms with Crippen LogP contribution in [0.5, 0.6) is 0 Å². The average molecular weight is 216 g/mol. The molecule has 0 amide bonds. The fraction of sp³-hybridized carbons (Fsp3) is 1.00. The van der Waals surface area contributed by atoms with Crippen LogP contribution in [0.15, 0.2) is 0 Å². The van der Waals surface area contributed by atoms with Crippen LogP contribution in [0.2, 0.25) is 0 Å². The zero-order valence-corrected chi connectivity index (χ0v) is 8.94. The van der Waals surface area contributed by atoms with Gasteiger partial charge in [-0.2, -0.15) is 11.8 Å². The first-order valence-electron chi connectivity index (χ1n) is 3.82. The van der Waals surface area contributed by atoms with Crippen LogP contribution < -0.4 is 5.32 Å². The highest BCUT2D eigenvalue weighted by Crippen LogP contribution is 2.01. The lowest BCUT2D eigenvalue weighted by molar-refractivity contribution is 0.710. The topological polar surface area (TPSA) is 12.0 Å². The van der Waals surface area contributed by atoms with Crippen molar-refractivity contribution in [2.75, 3.05) is 36.4 Å². The predicted octanol–water partition coefficient (Wildman–Crippen LogP) is 2.18. The Morgan fingerprint density at radius 3 is 2.45 bits per heavy atom.